The van der Waals surface area contributed by atoms with E-state index in [1.807, 2.05) is 30.3 Å². The molecule has 1 aliphatic rings. The molecule has 3 heterocycles. The van der Waals surface area contributed by atoms with E-state index in [1.165, 1.54) is 23.9 Å². The zero-order chi connectivity index (χ0) is 21.8. The first-order valence-electron chi connectivity index (χ1n) is 9.97. The maximum atomic E-state index is 12.6. The van der Waals surface area contributed by atoms with Gasteiger partial charge in [-0.15, -0.1) is 11.3 Å². The maximum Gasteiger partial charge on any atom is 0.281 e. The maximum absolute atomic E-state index is 12.6. The zero-order valence-electron chi connectivity index (χ0n) is 17.0. The molecular weight excluding hydrogens is 416 g/mol. The van der Waals surface area contributed by atoms with Crippen LogP contribution >= 0.6 is 11.3 Å². The number of likely N-dealkylation sites (tertiary alicyclic amines) is 1. The van der Waals surface area contributed by atoms with Crippen molar-refractivity contribution in [2.75, 3.05) is 13.1 Å². The number of amides is 3. The minimum absolute atomic E-state index is 0.101. The molecule has 31 heavy (non-hydrogen) atoms. The third kappa shape index (κ3) is 4.66. The Bertz CT molecular complexity index is 1070. The molecule has 3 aromatic rings. The van der Waals surface area contributed by atoms with Crippen LogP contribution in [0.1, 0.15) is 38.6 Å². The highest BCUT2D eigenvalue weighted by atomic mass is 32.1. The second kappa shape index (κ2) is 9.13. The normalized spacial score (nSPS) is 14.3. The van der Waals surface area contributed by atoms with Crippen LogP contribution in [0.4, 0.5) is 0 Å². The smallest absolute Gasteiger partial charge is 0.281 e. The summed E-state index contributed by atoms with van der Waals surface area (Å²) in [5, 5.41) is 0.754. The van der Waals surface area contributed by atoms with Crippen molar-refractivity contribution in [3.05, 3.63) is 65.1 Å². The Morgan fingerprint density at radius 2 is 1.84 bits per heavy atom. The lowest BCUT2D eigenvalue weighted by Crippen LogP contribution is -2.48. The Kier molecular flexibility index (Phi) is 6.13. The molecule has 1 aromatic carbocycles. The summed E-state index contributed by atoms with van der Waals surface area (Å²) in [6.45, 7) is 2.72. The number of nitrogens with zero attached hydrogens (tertiary/aromatic N) is 2. The number of hydrazine groups is 1. The summed E-state index contributed by atoms with van der Waals surface area (Å²) < 4.78 is 4.96. The van der Waals surface area contributed by atoms with Gasteiger partial charge in [0.05, 0.1) is 17.5 Å². The van der Waals surface area contributed by atoms with Gasteiger partial charge in [0.2, 0.25) is 5.91 Å². The van der Waals surface area contributed by atoms with Gasteiger partial charge >= 0.3 is 0 Å². The average molecular weight is 439 g/mol. The first-order chi connectivity index (χ1) is 15.0. The summed E-state index contributed by atoms with van der Waals surface area (Å²) in [4.78, 5) is 44.0. The Hall–Kier alpha value is -3.46. The summed E-state index contributed by atoms with van der Waals surface area (Å²) in [5.41, 5.74) is 7.07. The predicted octanol–water partition coefficient (Wildman–Crippen LogP) is 3.02. The molecular formula is C22H22N4O4S. The highest BCUT2D eigenvalue weighted by molar-refractivity contribution is 7.17. The van der Waals surface area contributed by atoms with E-state index >= 15 is 0 Å². The molecule has 0 atom stereocenters. The van der Waals surface area contributed by atoms with Crippen molar-refractivity contribution in [2.45, 2.75) is 19.8 Å². The lowest BCUT2D eigenvalue weighted by atomic mass is 9.96. The van der Waals surface area contributed by atoms with E-state index < -0.39 is 5.91 Å². The monoisotopic (exact) mass is 438 g/mol. The fourth-order valence-electron chi connectivity index (χ4n) is 3.50. The van der Waals surface area contributed by atoms with Gasteiger partial charge in [-0.05, 0) is 25.8 Å². The van der Waals surface area contributed by atoms with Crippen molar-refractivity contribution in [3.8, 4) is 10.6 Å². The van der Waals surface area contributed by atoms with Crippen LogP contribution in [0.2, 0.25) is 0 Å². The van der Waals surface area contributed by atoms with Gasteiger partial charge in [-0.3, -0.25) is 25.2 Å². The molecule has 8 nitrogen and oxygen atoms in total. The van der Waals surface area contributed by atoms with Gasteiger partial charge in [-0.2, -0.15) is 0 Å². The number of carbonyl (C=O) groups excluding carboxylic acids is 3. The number of thiazole rings is 1. The van der Waals surface area contributed by atoms with E-state index in [2.05, 4.69) is 15.8 Å². The largest absolute Gasteiger partial charge is 0.472 e. The number of aromatic nitrogens is 1. The number of aryl methyl sites for hydroxylation is 1. The van der Waals surface area contributed by atoms with E-state index in [-0.39, 0.29) is 17.7 Å². The molecule has 2 aromatic heterocycles. The molecule has 0 saturated carbocycles. The first-order valence-corrected chi connectivity index (χ1v) is 10.8. The number of benzene rings is 1. The predicted molar refractivity (Wildman–Crippen MR) is 115 cm³/mol. The van der Waals surface area contributed by atoms with Crippen LogP contribution < -0.4 is 10.9 Å². The number of nitrogens with one attached hydrogen (secondary N) is 2. The fraction of sp³-hybridized carbons (Fsp3) is 0.273. The molecule has 9 heteroatoms. The third-order valence-electron chi connectivity index (χ3n) is 5.24. The van der Waals surface area contributed by atoms with Crippen LogP contribution in [0.15, 0.2) is 53.3 Å². The lowest BCUT2D eigenvalue weighted by Gasteiger charge is -2.31. The molecule has 0 bridgehead atoms. The molecule has 2 N–H and O–H groups in total. The van der Waals surface area contributed by atoms with Crippen molar-refractivity contribution in [1.82, 2.24) is 20.7 Å². The number of furan rings is 1. The number of hydrogen-bond donors (Lipinski definition) is 2. The number of rotatable bonds is 4. The van der Waals surface area contributed by atoms with Crippen molar-refractivity contribution < 1.29 is 18.8 Å². The summed E-state index contributed by atoms with van der Waals surface area (Å²) in [5.74, 6) is -1.01. The standard InChI is InChI=1S/C22H22N4O4S/c1-14-18(31-21(23-14)16-5-3-2-4-6-16)20(28)25-24-19(27)15-7-10-26(11-8-15)22(29)17-9-12-30-13-17/h2-6,9,12-13,15H,7-8,10-11H2,1H3,(H,24,27)(H,25,28). The first kappa shape index (κ1) is 20.8. The van der Waals surface area contributed by atoms with Gasteiger partial charge in [0.1, 0.15) is 16.1 Å². The van der Waals surface area contributed by atoms with Crippen molar-refractivity contribution in [3.63, 3.8) is 0 Å². The Morgan fingerprint density at radius 1 is 1.10 bits per heavy atom. The molecule has 0 unspecified atom stereocenters. The minimum Gasteiger partial charge on any atom is -0.472 e. The zero-order valence-corrected chi connectivity index (χ0v) is 17.8. The molecule has 4 rings (SSSR count). The van der Waals surface area contributed by atoms with E-state index in [0.29, 0.717) is 42.1 Å². The molecule has 1 saturated heterocycles. The van der Waals surface area contributed by atoms with Crippen LogP contribution in [0, 0.1) is 12.8 Å². The van der Waals surface area contributed by atoms with Gasteiger partial charge < -0.3 is 9.32 Å². The van der Waals surface area contributed by atoms with Gasteiger partial charge in [0, 0.05) is 24.6 Å². The summed E-state index contributed by atoms with van der Waals surface area (Å²) in [6, 6.07) is 11.3. The summed E-state index contributed by atoms with van der Waals surface area (Å²) in [6.07, 6.45) is 3.94. The highest BCUT2D eigenvalue weighted by Crippen LogP contribution is 2.27. The molecule has 1 aliphatic heterocycles. The van der Waals surface area contributed by atoms with Crippen molar-refractivity contribution in [2.24, 2.45) is 5.92 Å². The van der Waals surface area contributed by atoms with Crippen LogP contribution in [-0.2, 0) is 4.79 Å². The van der Waals surface area contributed by atoms with Gasteiger partial charge in [0.25, 0.3) is 11.8 Å². The molecule has 0 aliphatic carbocycles. The summed E-state index contributed by atoms with van der Waals surface area (Å²) in [7, 11) is 0. The van der Waals surface area contributed by atoms with E-state index in [4.69, 9.17) is 4.42 Å². The lowest BCUT2D eigenvalue weighted by molar-refractivity contribution is -0.127. The second-order valence-electron chi connectivity index (χ2n) is 7.32. The number of piperidine rings is 1. The van der Waals surface area contributed by atoms with Crippen LogP contribution in [0.5, 0.6) is 0 Å². The van der Waals surface area contributed by atoms with Crippen LogP contribution in [-0.4, -0.2) is 40.7 Å². The Morgan fingerprint density at radius 3 is 2.52 bits per heavy atom. The van der Waals surface area contributed by atoms with Crippen molar-refractivity contribution >= 4 is 29.1 Å². The van der Waals surface area contributed by atoms with Crippen LogP contribution in [0.25, 0.3) is 10.6 Å². The molecule has 0 spiro atoms. The topological polar surface area (TPSA) is 105 Å². The van der Waals surface area contributed by atoms with Gasteiger partial charge in [0.15, 0.2) is 0 Å². The third-order valence-corrected chi connectivity index (χ3v) is 6.45. The summed E-state index contributed by atoms with van der Waals surface area (Å²) >= 11 is 1.28. The van der Waals surface area contributed by atoms with Crippen LogP contribution in [0.3, 0.4) is 0 Å². The Balaban J connectivity index is 1.29. The molecule has 1 fully saturated rings. The van der Waals surface area contributed by atoms with E-state index in [0.717, 1.165) is 10.6 Å². The van der Waals surface area contributed by atoms with Gasteiger partial charge in [-0.25, -0.2) is 4.98 Å². The van der Waals surface area contributed by atoms with Crippen molar-refractivity contribution in [1.29, 1.82) is 0 Å². The van der Waals surface area contributed by atoms with E-state index in [9.17, 15) is 14.4 Å². The second-order valence-corrected chi connectivity index (χ2v) is 8.32. The molecule has 0 radical (unpaired) electrons. The number of hydrogen-bond acceptors (Lipinski definition) is 6. The fourth-order valence-corrected chi connectivity index (χ4v) is 4.47. The van der Waals surface area contributed by atoms with Gasteiger partial charge in [-0.1, -0.05) is 30.3 Å². The SMILES string of the molecule is Cc1nc(-c2ccccc2)sc1C(=O)NNC(=O)C1CCN(C(=O)c2ccoc2)CC1. The molecule has 160 valence electrons. The van der Waals surface area contributed by atoms with E-state index in [1.54, 1.807) is 17.9 Å². The molecule has 3 amide bonds. The quantitative estimate of drug-likeness (QED) is 0.610. The average Bonchev–Trinajstić information content (AvgIpc) is 3.48. The minimum atomic E-state index is -0.391. The Labute approximate surface area is 183 Å². The highest BCUT2D eigenvalue weighted by Gasteiger charge is 2.28. The number of carbonyl (C=O) groups is 3.